The van der Waals surface area contributed by atoms with E-state index in [-0.39, 0.29) is 0 Å². The summed E-state index contributed by atoms with van der Waals surface area (Å²) in [6.07, 6.45) is 0.852. The van der Waals surface area contributed by atoms with E-state index in [0.29, 0.717) is 0 Å². The molecule has 1 aliphatic heterocycles. The highest BCUT2D eigenvalue weighted by atomic mass is 16.5. The average molecular weight is 478 g/mol. The van der Waals surface area contributed by atoms with Crippen molar-refractivity contribution in [3.63, 3.8) is 0 Å². The molecule has 0 bridgehead atoms. The summed E-state index contributed by atoms with van der Waals surface area (Å²) < 4.78 is 10.9. The van der Waals surface area contributed by atoms with Crippen molar-refractivity contribution in [1.82, 2.24) is 14.1 Å². The number of nitrogens with zero attached hydrogens (tertiary/aromatic N) is 3. The standard InChI is InChI=1S/C33H23N3O/c1-2-32-34-26-10-7-13-31-33(26)36(32)29-20-22(16-19-30(29)37-31)21-14-17-23(18-15-21)35-27-11-5-3-8-24(27)25-9-4-6-12-28(25)35/h3-20H,2H2,1H3. The number of benzene rings is 5. The van der Waals surface area contributed by atoms with E-state index in [4.69, 9.17) is 9.72 Å². The molecule has 5 aromatic carbocycles. The molecule has 7 aromatic rings. The molecule has 0 fully saturated rings. The van der Waals surface area contributed by atoms with Crippen molar-refractivity contribution in [2.75, 3.05) is 0 Å². The first-order chi connectivity index (χ1) is 18.3. The van der Waals surface area contributed by atoms with Crippen LogP contribution in [0.15, 0.2) is 109 Å². The van der Waals surface area contributed by atoms with E-state index in [0.717, 1.165) is 51.7 Å². The molecular formula is C33H23N3O. The van der Waals surface area contributed by atoms with Gasteiger partial charge in [0.25, 0.3) is 0 Å². The summed E-state index contributed by atoms with van der Waals surface area (Å²) in [5, 5.41) is 2.55. The molecule has 4 heteroatoms. The Morgan fingerprint density at radius 2 is 1.35 bits per heavy atom. The lowest BCUT2D eigenvalue weighted by Gasteiger charge is -2.21. The molecule has 3 heterocycles. The zero-order valence-corrected chi connectivity index (χ0v) is 20.3. The quantitative estimate of drug-likeness (QED) is 0.256. The molecule has 0 aliphatic carbocycles. The number of hydrogen-bond donors (Lipinski definition) is 0. The molecule has 0 N–H and O–H groups in total. The third-order valence-corrected chi connectivity index (χ3v) is 7.48. The second-order valence-corrected chi connectivity index (χ2v) is 9.54. The lowest BCUT2D eigenvalue weighted by molar-refractivity contribution is 0.474. The van der Waals surface area contributed by atoms with E-state index in [1.165, 1.54) is 27.4 Å². The number of rotatable bonds is 3. The van der Waals surface area contributed by atoms with Crippen molar-refractivity contribution in [3.05, 3.63) is 115 Å². The molecule has 0 saturated heterocycles. The van der Waals surface area contributed by atoms with Crippen LogP contribution in [0.2, 0.25) is 0 Å². The van der Waals surface area contributed by atoms with Gasteiger partial charge in [-0.1, -0.05) is 67.6 Å². The number of aryl methyl sites for hydroxylation is 1. The average Bonchev–Trinajstić information content (AvgIpc) is 3.50. The van der Waals surface area contributed by atoms with Crippen LogP contribution >= 0.6 is 0 Å². The van der Waals surface area contributed by atoms with Crippen LogP contribution in [0.4, 0.5) is 0 Å². The summed E-state index contributed by atoms with van der Waals surface area (Å²) in [7, 11) is 0. The fraction of sp³-hybridized carbons (Fsp3) is 0.0606. The Labute approximate surface area is 214 Å². The largest absolute Gasteiger partial charge is 0.453 e. The first-order valence-electron chi connectivity index (χ1n) is 12.7. The predicted molar refractivity (Wildman–Crippen MR) is 150 cm³/mol. The summed E-state index contributed by atoms with van der Waals surface area (Å²) in [6, 6.07) is 38.6. The van der Waals surface area contributed by atoms with Gasteiger partial charge in [-0.25, -0.2) is 4.98 Å². The Balaban J connectivity index is 1.26. The number of imidazole rings is 1. The number of aromatic nitrogens is 3. The van der Waals surface area contributed by atoms with Crippen LogP contribution in [0.5, 0.6) is 11.5 Å². The van der Waals surface area contributed by atoms with Gasteiger partial charge in [-0.05, 0) is 59.7 Å². The van der Waals surface area contributed by atoms with Gasteiger partial charge in [0.2, 0.25) is 0 Å². The molecule has 0 saturated carbocycles. The minimum absolute atomic E-state index is 0.852. The summed E-state index contributed by atoms with van der Waals surface area (Å²) in [6.45, 7) is 2.15. The van der Waals surface area contributed by atoms with Crippen molar-refractivity contribution in [1.29, 1.82) is 0 Å². The molecule has 8 rings (SSSR count). The minimum atomic E-state index is 0.852. The topological polar surface area (TPSA) is 32.0 Å². The van der Waals surface area contributed by atoms with Gasteiger partial charge in [0.05, 0.1) is 22.2 Å². The van der Waals surface area contributed by atoms with Gasteiger partial charge in [0, 0.05) is 22.9 Å². The Hall–Kier alpha value is -4.83. The highest BCUT2D eigenvalue weighted by Gasteiger charge is 2.24. The zero-order valence-electron chi connectivity index (χ0n) is 20.3. The maximum Gasteiger partial charge on any atom is 0.153 e. The monoisotopic (exact) mass is 477 g/mol. The normalized spacial score (nSPS) is 12.2. The van der Waals surface area contributed by atoms with Crippen LogP contribution in [0, 0.1) is 0 Å². The van der Waals surface area contributed by atoms with Crippen LogP contribution in [0.1, 0.15) is 12.7 Å². The summed E-state index contributed by atoms with van der Waals surface area (Å²) in [5.74, 6) is 2.77. The molecular weight excluding hydrogens is 454 g/mol. The second kappa shape index (κ2) is 7.58. The number of ether oxygens (including phenoxy) is 1. The van der Waals surface area contributed by atoms with E-state index in [1.807, 2.05) is 12.1 Å². The first kappa shape index (κ1) is 20.4. The maximum absolute atomic E-state index is 6.28. The van der Waals surface area contributed by atoms with Crippen LogP contribution in [-0.4, -0.2) is 14.1 Å². The molecule has 37 heavy (non-hydrogen) atoms. The third-order valence-electron chi connectivity index (χ3n) is 7.48. The van der Waals surface area contributed by atoms with Crippen molar-refractivity contribution in [2.24, 2.45) is 0 Å². The Morgan fingerprint density at radius 3 is 2.08 bits per heavy atom. The third kappa shape index (κ3) is 2.87. The molecule has 0 spiro atoms. The SMILES string of the molecule is CCc1nc2cccc3c2n1-c1cc(-c2ccc(-n4c5ccccc5c5ccccc54)cc2)ccc1O3. The van der Waals surface area contributed by atoms with Gasteiger partial charge in [-0.2, -0.15) is 0 Å². The van der Waals surface area contributed by atoms with Crippen molar-refractivity contribution >= 4 is 32.8 Å². The molecule has 2 aromatic heterocycles. The number of para-hydroxylation sites is 3. The van der Waals surface area contributed by atoms with E-state index in [1.54, 1.807) is 0 Å². The molecule has 0 unspecified atom stereocenters. The van der Waals surface area contributed by atoms with E-state index < -0.39 is 0 Å². The molecule has 4 nitrogen and oxygen atoms in total. The van der Waals surface area contributed by atoms with Gasteiger partial charge in [-0.3, -0.25) is 4.57 Å². The van der Waals surface area contributed by atoms with E-state index in [2.05, 4.69) is 113 Å². The van der Waals surface area contributed by atoms with Crippen molar-refractivity contribution in [3.8, 4) is 34.0 Å². The molecule has 176 valence electrons. The van der Waals surface area contributed by atoms with Gasteiger partial charge in [0.15, 0.2) is 11.5 Å². The Bertz CT molecular complexity index is 1940. The summed E-state index contributed by atoms with van der Waals surface area (Å²) in [5.41, 5.74) is 8.98. The van der Waals surface area contributed by atoms with Gasteiger partial charge in [-0.15, -0.1) is 0 Å². The Kier molecular flexibility index (Phi) is 4.17. The number of fused-ring (bicyclic) bond motifs is 5. The van der Waals surface area contributed by atoms with Crippen molar-refractivity contribution in [2.45, 2.75) is 13.3 Å². The fourth-order valence-corrected chi connectivity index (χ4v) is 5.80. The summed E-state index contributed by atoms with van der Waals surface area (Å²) >= 11 is 0. The summed E-state index contributed by atoms with van der Waals surface area (Å²) in [4.78, 5) is 4.87. The van der Waals surface area contributed by atoms with E-state index >= 15 is 0 Å². The van der Waals surface area contributed by atoms with Crippen LogP contribution < -0.4 is 4.74 Å². The molecule has 1 aliphatic rings. The van der Waals surface area contributed by atoms with Crippen molar-refractivity contribution < 1.29 is 4.74 Å². The maximum atomic E-state index is 6.28. The van der Waals surface area contributed by atoms with Gasteiger partial charge >= 0.3 is 0 Å². The lowest BCUT2D eigenvalue weighted by atomic mass is 10.0. The van der Waals surface area contributed by atoms with Gasteiger partial charge in [0.1, 0.15) is 11.3 Å². The minimum Gasteiger partial charge on any atom is -0.453 e. The van der Waals surface area contributed by atoms with E-state index in [9.17, 15) is 0 Å². The lowest BCUT2D eigenvalue weighted by Crippen LogP contribution is -2.07. The predicted octanol–water partition coefficient (Wildman–Crippen LogP) is 8.46. The second-order valence-electron chi connectivity index (χ2n) is 9.54. The highest BCUT2D eigenvalue weighted by molar-refractivity contribution is 6.09. The highest BCUT2D eigenvalue weighted by Crippen LogP contribution is 2.43. The molecule has 0 atom stereocenters. The smallest absolute Gasteiger partial charge is 0.153 e. The van der Waals surface area contributed by atoms with Gasteiger partial charge < -0.3 is 9.30 Å². The Morgan fingerprint density at radius 1 is 0.649 bits per heavy atom. The molecule has 0 amide bonds. The first-order valence-corrected chi connectivity index (χ1v) is 12.7. The van der Waals surface area contributed by atoms with Crippen LogP contribution in [-0.2, 0) is 6.42 Å². The molecule has 0 radical (unpaired) electrons. The fourth-order valence-electron chi connectivity index (χ4n) is 5.80. The van der Waals surface area contributed by atoms with Crippen LogP contribution in [0.25, 0.3) is 55.3 Å². The van der Waals surface area contributed by atoms with Crippen LogP contribution in [0.3, 0.4) is 0 Å². The zero-order chi connectivity index (χ0) is 24.5. The number of hydrogen-bond acceptors (Lipinski definition) is 2.